The van der Waals surface area contributed by atoms with Crippen molar-refractivity contribution in [2.24, 2.45) is 0 Å². The molecule has 0 heterocycles. The first kappa shape index (κ1) is 9.65. The van der Waals surface area contributed by atoms with Gasteiger partial charge in [0.05, 0.1) is 0 Å². The fourth-order valence-electron chi connectivity index (χ4n) is 0.831. The van der Waals surface area contributed by atoms with Gasteiger partial charge in [-0.25, -0.2) is 0 Å². The van der Waals surface area contributed by atoms with E-state index in [1.165, 1.54) is 62.2 Å². The Morgan fingerprint density at radius 2 is 1.78 bits per heavy atom. The molecule has 0 spiro atoms. The molecule has 1 heteroatoms. The molecule has 0 radical (unpaired) electrons. The third kappa shape index (κ3) is 8.65. The molecular formula is C8H15In. The van der Waals surface area contributed by atoms with Crippen LogP contribution in [0.25, 0.3) is 0 Å². The predicted octanol–water partition coefficient (Wildman–Crippen LogP) is 2.47. The van der Waals surface area contributed by atoms with Gasteiger partial charge in [0.25, 0.3) is 0 Å². The van der Waals surface area contributed by atoms with Crippen LogP contribution in [0.2, 0.25) is 0 Å². The summed E-state index contributed by atoms with van der Waals surface area (Å²) in [5.74, 6) is 0. The van der Waals surface area contributed by atoms with Crippen LogP contribution in [0.3, 0.4) is 0 Å². The van der Waals surface area contributed by atoms with Gasteiger partial charge in [0, 0.05) is 0 Å². The van der Waals surface area contributed by atoms with Crippen LogP contribution in [0.5, 0.6) is 0 Å². The summed E-state index contributed by atoms with van der Waals surface area (Å²) in [5.41, 5.74) is 0. The van der Waals surface area contributed by atoms with Crippen LogP contribution < -0.4 is 0 Å². The van der Waals surface area contributed by atoms with E-state index in [4.69, 9.17) is 0 Å². The van der Waals surface area contributed by atoms with Gasteiger partial charge in [-0.3, -0.25) is 0 Å². The van der Waals surface area contributed by atoms with E-state index in [1.54, 1.807) is 0 Å². The van der Waals surface area contributed by atoms with Crippen LogP contribution in [-0.4, -0.2) is 23.7 Å². The molecule has 0 saturated heterocycles. The summed E-state index contributed by atoms with van der Waals surface area (Å²) < 4.78 is 3.27. The zero-order valence-corrected chi connectivity index (χ0v) is 9.62. The maximum absolute atomic E-state index is 3.27. The van der Waals surface area contributed by atoms with Crippen molar-refractivity contribution in [1.29, 1.82) is 0 Å². The standard InChI is InChI=1S/C8H15.In/c1-3-5-7-8-6-4-2;/h3-8H2,1H3;. The summed E-state index contributed by atoms with van der Waals surface area (Å²) in [7, 11) is 0. The van der Waals surface area contributed by atoms with Crippen molar-refractivity contribution < 1.29 is 0 Å². The normalized spacial score (nSPS) is 9.22. The molecule has 0 nitrogen and oxygen atoms in total. The van der Waals surface area contributed by atoms with Gasteiger partial charge >= 0.3 is 72.7 Å². The first-order valence-corrected chi connectivity index (χ1v) is 5.50. The van der Waals surface area contributed by atoms with Gasteiger partial charge in [-0.1, -0.05) is 0 Å². The van der Waals surface area contributed by atoms with Gasteiger partial charge in [0.1, 0.15) is 0 Å². The van der Waals surface area contributed by atoms with Crippen LogP contribution >= 0.6 is 0 Å². The molecule has 0 unspecified atom stereocenters. The van der Waals surface area contributed by atoms with E-state index < -0.39 is 0 Å². The Kier molecular flexibility index (Phi) is 9.27. The van der Waals surface area contributed by atoms with E-state index in [0.717, 1.165) is 0 Å². The van der Waals surface area contributed by atoms with Crippen LogP contribution in [0, 0.1) is 3.55 Å². The SMILES string of the molecule is CCCCCCC[C]#[In]. The number of rotatable bonds is 5. The van der Waals surface area contributed by atoms with E-state index in [1.807, 2.05) is 0 Å². The predicted molar refractivity (Wildman–Crippen MR) is 43.0 cm³/mol. The third-order valence-electron chi connectivity index (χ3n) is 1.42. The van der Waals surface area contributed by atoms with Crippen LogP contribution in [0.15, 0.2) is 0 Å². The molecule has 0 N–H and O–H groups in total. The van der Waals surface area contributed by atoms with E-state index in [9.17, 15) is 0 Å². The Hall–Kier alpha value is 0.650. The molecule has 0 amide bonds. The van der Waals surface area contributed by atoms with Gasteiger partial charge < -0.3 is 0 Å². The first-order valence-electron chi connectivity index (χ1n) is 3.85. The van der Waals surface area contributed by atoms with Crippen LogP contribution in [0.1, 0.15) is 45.4 Å². The molecule has 0 fully saturated rings. The molecule has 0 aliphatic heterocycles. The second-order valence-corrected chi connectivity index (χ2v) is 3.53. The first-order chi connectivity index (χ1) is 4.41. The molecule has 0 atom stereocenters. The summed E-state index contributed by atoms with van der Waals surface area (Å²) in [5, 5.41) is 0. The molecule has 0 aliphatic rings. The fourth-order valence-corrected chi connectivity index (χ4v) is 1.41. The molecule has 0 aliphatic carbocycles. The molecule has 0 aromatic rings. The minimum absolute atomic E-state index is 1.21. The van der Waals surface area contributed by atoms with E-state index in [-0.39, 0.29) is 0 Å². The Morgan fingerprint density at radius 3 is 2.33 bits per heavy atom. The maximum atomic E-state index is 3.27. The molecule has 0 aromatic carbocycles. The molecule has 0 rings (SSSR count). The van der Waals surface area contributed by atoms with Crippen molar-refractivity contribution in [1.82, 2.24) is 0 Å². The molecule has 0 saturated carbocycles. The summed E-state index contributed by atoms with van der Waals surface area (Å²) in [6.07, 6.45) is 8.24. The third-order valence-corrected chi connectivity index (χ3v) is 2.25. The van der Waals surface area contributed by atoms with Gasteiger partial charge in [0.15, 0.2) is 0 Å². The Bertz CT molecular complexity index is 81.1. The van der Waals surface area contributed by atoms with Crippen molar-refractivity contribution in [2.75, 3.05) is 0 Å². The average Bonchev–Trinajstić information content (AvgIpc) is 1.89. The summed E-state index contributed by atoms with van der Waals surface area (Å²) in [6, 6.07) is 0. The second-order valence-electron chi connectivity index (χ2n) is 2.37. The van der Waals surface area contributed by atoms with Crippen molar-refractivity contribution in [3.63, 3.8) is 0 Å². The van der Waals surface area contributed by atoms with Crippen molar-refractivity contribution >= 4 is 23.7 Å². The Balaban J connectivity index is 2.69. The quantitative estimate of drug-likeness (QED) is 0.631. The van der Waals surface area contributed by atoms with E-state index >= 15 is 0 Å². The number of hydrogen-bond acceptors (Lipinski definition) is 0. The molecule has 0 aromatic heterocycles. The van der Waals surface area contributed by atoms with Gasteiger partial charge in [-0.15, -0.1) is 0 Å². The summed E-state index contributed by atoms with van der Waals surface area (Å²) >= 11 is 1.21. The Morgan fingerprint density at radius 1 is 1.11 bits per heavy atom. The molecule has 0 bridgehead atoms. The summed E-state index contributed by atoms with van der Waals surface area (Å²) in [6.45, 7) is 2.25. The Labute approximate surface area is 72.7 Å². The number of hydrogen-bond donors (Lipinski definition) is 0. The van der Waals surface area contributed by atoms with Gasteiger partial charge in [-0.2, -0.15) is 0 Å². The zero-order valence-electron chi connectivity index (χ0n) is 6.32. The monoisotopic (exact) mass is 226 g/mol. The van der Waals surface area contributed by atoms with Crippen molar-refractivity contribution in [3.05, 3.63) is 0 Å². The molecule has 9 heavy (non-hydrogen) atoms. The molecule has 50 valence electrons. The summed E-state index contributed by atoms with van der Waals surface area (Å²) in [4.78, 5) is 0. The zero-order chi connectivity index (χ0) is 6.95. The van der Waals surface area contributed by atoms with Crippen molar-refractivity contribution in [3.8, 4) is 3.55 Å². The average molecular weight is 226 g/mol. The topological polar surface area (TPSA) is 0 Å². The van der Waals surface area contributed by atoms with Crippen LogP contribution in [0.4, 0.5) is 0 Å². The van der Waals surface area contributed by atoms with Crippen molar-refractivity contribution in [2.45, 2.75) is 45.4 Å². The van der Waals surface area contributed by atoms with Crippen LogP contribution in [-0.2, 0) is 0 Å². The van der Waals surface area contributed by atoms with Gasteiger partial charge in [0.2, 0.25) is 0 Å². The minimum atomic E-state index is 1.21. The fraction of sp³-hybridized carbons (Fsp3) is 0.875. The van der Waals surface area contributed by atoms with E-state index in [0.29, 0.717) is 0 Å². The second kappa shape index (κ2) is 8.65. The molecular weight excluding hydrogens is 211 g/mol. The van der Waals surface area contributed by atoms with E-state index in [2.05, 4.69) is 10.5 Å². The van der Waals surface area contributed by atoms with Gasteiger partial charge in [-0.05, 0) is 0 Å². The number of unbranched alkanes of at least 4 members (excludes halogenated alkanes) is 5.